The van der Waals surface area contributed by atoms with Crippen LogP contribution in [0, 0.1) is 24.2 Å². The summed E-state index contributed by atoms with van der Waals surface area (Å²) in [5.41, 5.74) is 0. The first kappa shape index (κ1) is 11.4. The molecule has 78 valence electrons. The Bertz CT molecular complexity index is 189. The van der Waals surface area contributed by atoms with Gasteiger partial charge in [-0.1, -0.05) is 50.5 Å². The van der Waals surface area contributed by atoms with Crippen LogP contribution < -0.4 is 0 Å². The van der Waals surface area contributed by atoms with E-state index in [2.05, 4.69) is 12.5 Å². The molecule has 1 atom stereocenters. The molecule has 1 aliphatic carbocycles. The number of rotatable bonds is 4. The van der Waals surface area contributed by atoms with Gasteiger partial charge in [-0.05, 0) is 18.8 Å². The van der Waals surface area contributed by atoms with Gasteiger partial charge in [0, 0.05) is 5.92 Å². The fraction of sp³-hybridized carbons (Fsp3) is 0.714. The summed E-state index contributed by atoms with van der Waals surface area (Å²) in [5, 5.41) is 0. The van der Waals surface area contributed by atoms with Crippen LogP contribution in [0.5, 0.6) is 0 Å². The smallest absolute Gasteiger partial charge is 0.0377 e. The maximum atomic E-state index is 5.41. The van der Waals surface area contributed by atoms with Crippen molar-refractivity contribution in [1.82, 2.24) is 0 Å². The quantitative estimate of drug-likeness (QED) is 0.354. The Hall–Kier alpha value is -0.700. The third kappa shape index (κ3) is 4.01. The van der Waals surface area contributed by atoms with Gasteiger partial charge in [-0.15, -0.1) is 13.0 Å². The van der Waals surface area contributed by atoms with Crippen LogP contribution in [0.25, 0.3) is 0 Å². The van der Waals surface area contributed by atoms with Gasteiger partial charge in [0.2, 0.25) is 0 Å². The fourth-order valence-electron chi connectivity index (χ4n) is 2.34. The van der Waals surface area contributed by atoms with E-state index in [0.717, 1.165) is 12.3 Å². The van der Waals surface area contributed by atoms with Crippen LogP contribution in [0.1, 0.15) is 51.4 Å². The molecule has 0 N–H and O–H groups in total. The van der Waals surface area contributed by atoms with Crippen LogP contribution in [0.4, 0.5) is 0 Å². The molecule has 0 heterocycles. The van der Waals surface area contributed by atoms with Gasteiger partial charge in [-0.25, -0.2) is 0 Å². The first-order valence-electron chi connectivity index (χ1n) is 5.95. The molecule has 0 aromatic rings. The molecule has 1 aliphatic rings. The largest absolute Gasteiger partial charge is 0.119 e. The SMILES string of the molecule is C#CC(C=C)CCC1CCCCCC1. The Morgan fingerprint density at radius 1 is 1.29 bits per heavy atom. The highest BCUT2D eigenvalue weighted by molar-refractivity contribution is 5.01. The number of hydrogen-bond acceptors (Lipinski definition) is 0. The summed E-state index contributed by atoms with van der Waals surface area (Å²) in [6.45, 7) is 3.77. The predicted molar refractivity (Wildman–Crippen MR) is 62.9 cm³/mol. The third-order valence-corrected chi connectivity index (χ3v) is 3.36. The molecule has 0 aromatic heterocycles. The molecule has 14 heavy (non-hydrogen) atoms. The number of allylic oxidation sites excluding steroid dienone is 1. The molecule has 0 nitrogen and oxygen atoms in total. The van der Waals surface area contributed by atoms with Crippen LogP contribution >= 0.6 is 0 Å². The van der Waals surface area contributed by atoms with Gasteiger partial charge < -0.3 is 0 Å². The topological polar surface area (TPSA) is 0 Å². The average Bonchev–Trinajstić information content (AvgIpc) is 2.48. The van der Waals surface area contributed by atoms with Crippen LogP contribution in [-0.2, 0) is 0 Å². The number of terminal acetylenes is 1. The van der Waals surface area contributed by atoms with Crippen molar-refractivity contribution in [2.75, 3.05) is 0 Å². The van der Waals surface area contributed by atoms with Gasteiger partial charge in [0.25, 0.3) is 0 Å². The molecular formula is C14H22. The van der Waals surface area contributed by atoms with Crippen molar-refractivity contribution in [1.29, 1.82) is 0 Å². The first-order chi connectivity index (χ1) is 6.86. The van der Waals surface area contributed by atoms with E-state index in [1.54, 1.807) is 0 Å². The molecule has 0 spiro atoms. The van der Waals surface area contributed by atoms with E-state index in [1.165, 1.54) is 44.9 Å². The van der Waals surface area contributed by atoms with E-state index < -0.39 is 0 Å². The van der Waals surface area contributed by atoms with Crippen molar-refractivity contribution in [3.05, 3.63) is 12.7 Å². The molecule has 0 radical (unpaired) electrons. The first-order valence-corrected chi connectivity index (χ1v) is 5.95. The molecule has 1 unspecified atom stereocenters. The third-order valence-electron chi connectivity index (χ3n) is 3.36. The Labute approximate surface area is 88.8 Å². The molecule has 0 heteroatoms. The van der Waals surface area contributed by atoms with Crippen molar-refractivity contribution >= 4 is 0 Å². The summed E-state index contributed by atoms with van der Waals surface area (Å²) >= 11 is 0. The Morgan fingerprint density at radius 3 is 2.43 bits per heavy atom. The second-order valence-electron chi connectivity index (χ2n) is 4.44. The van der Waals surface area contributed by atoms with Gasteiger partial charge in [0.1, 0.15) is 0 Å². The van der Waals surface area contributed by atoms with E-state index in [4.69, 9.17) is 6.42 Å². The highest BCUT2D eigenvalue weighted by atomic mass is 14.2. The summed E-state index contributed by atoms with van der Waals surface area (Å²) in [5.74, 6) is 4.03. The molecular weight excluding hydrogens is 168 g/mol. The van der Waals surface area contributed by atoms with Crippen LogP contribution in [0.3, 0.4) is 0 Å². The lowest BCUT2D eigenvalue weighted by Gasteiger charge is -2.14. The zero-order valence-electron chi connectivity index (χ0n) is 9.17. The standard InChI is InChI=1S/C14H22/c1-3-13(4-2)11-12-14-9-7-5-6-8-10-14/h1,4,13-14H,2,5-12H2. The molecule has 0 amide bonds. The van der Waals surface area contributed by atoms with E-state index in [9.17, 15) is 0 Å². The van der Waals surface area contributed by atoms with Gasteiger partial charge in [0.15, 0.2) is 0 Å². The Balaban J connectivity index is 2.22. The van der Waals surface area contributed by atoms with Crippen LogP contribution in [-0.4, -0.2) is 0 Å². The summed E-state index contributed by atoms with van der Waals surface area (Å²) in [4.78, 5) is 0. The normalized spacial score (nSPS) is 20.8. The maximum absolute atomic E-state index is 5.41. The summed E-state index contributed by atoms with van der Waals surface area (Å²) < 4.78 is 0. The fourth-order valence-corrected chi connectivity index (χ4v) is 2.34. The average molecular weight is 190 g/mol. The lowest BCUT2D eigenvalue weighted by Crippen LogP contribution is -2.02. The minimum Gasteiger partial charge on any atom is -0.119 e. The Morgan fingerprint density at radius 2 is 1.93 bits per heavy atom. The summed E-state index contributed by atoms with van der Waals surface area (Å²) in [6, 6.07) is 0. The van der Waals surface area contributed by atoms with Crippen molar-refractivity contribution < 1.29 is 0 Å². The molecule has 0 aromatic carbocycles. The molecule has 1 rings (SSSR count). The molecule has 0 saturated heterocycles. The van der Waals surface area contributed by atoms with Crippen LogP contribution in [0.2, 0.25) is 0 Å². The van der Waals surface area contributed by atoms with Gasteiger partial charge in [-0.3, -0.25) is 0 Å². The van der Waals surface area contributed by atoms with Crippen molar-refractivity contribution in [3.63, 3.8) is 0 Å². The summed E-state index contributed by atoms with van der Waals surface area (Å²) in [6.07, 6.45) is 18.4. The van der Waals surface area contributed by atoms with Crippen molar-refractivity contribution in [3.8, 4) is 12.3 Å². The Kier molecular flexibility index (Phi) is 5.45. The summed E-state index contributed by atoms with van der Waals surface area (Å²) in [7, 11) is 0. The molecule has 0 bridgehead atoms. The van der Waals surface area contributed by atoms with E-state index in [0.29, 0.717) is 5.92 Å². The highest BCUT2D eigenvalue weighted by Crippen LogP contribution is 2.27. The van der Waals surface area contributed by atoms with E-state index in [-0.39, 0.29) is 0 Å². The molecule has 1 saturated carbocycles. The second-order valence-corrected chi connectivity index (χ2v) is 4.44. The minimum atomic E-state index is 0.304. The van der Waals surface area contributed by atoms with Crippen molar-refractivity contribution in [2.45, 2.75) is 51.4 Å². The predicted octanol–water partition coefficient (Wildman–Crippen LogP) is 4.17. The molecule has 1 fully saturated rings. The second kappa shape index (κ2) is 6.71. The van der Waals surface area contributed by atoms with Crippen LogP contribution in [0.15, 0.2) is 12.7 Å². The van der Waals surface area contributed by atoms with Crippen molar-refractivity contribution in [2.24, 2.45) is 11.8 Å². The van der Waals surface area contributed by atoms with E-state index in [1.807, 2.05) is 6.08 Å². The van der Waals surface area contributed by atoms with Gasteiger partial charge >= 0.3 is 0 Å². The number of hydrogen-bond donors (Lipinski definition) is 0. The highest BCUT2D eigenvalue weighted by Gasteiger charge is 2.13. The van der Waals surface area contributed by atoms with E-state index >= 15 is 0 Å². The van der Waals surface area contributed by atoms with Gasteiger partial charge in [0.05, 0.1) is 0 Å². The lowest BCUT2D eigenvalue weighted by molar-refractivity contribution is 0.405. The lowest BCUT2D eigenvalue weighted by atomic mass is 9.91. The maximum Gasteiger partial charge on any atom is 0.0377 e. The molecule has 0 aliphatic heterocycles. The monoisotopic (exact) mass is 190 g/mol. The zero-order valence-corrected chi connectivity index (χ0v) is 9.17. The minimum absolute atomic E-state index is 0.304. The zero-order chi connectivity index (χ0) is 10.2. The van der Waals surface area contributed by atoms with Gasteiger partial charge in [-0.2, -0.15) is 0 Å².